The SMILES string of the molecule is COCCCc1ccc(-c2ccc(CCOC)c(F)c2F)c(F)c1F. The lowest BCUT2D eigenvalue weighted by Crippen LogP contribution is -2.04. The molecule has 0 aliphatic carbocycles. The van der Waals surface area contributed by atoms with Gasteiger partial charge in [0.25, 0.3) is 0 Å². The van der Waals surface area contributed by atoms with E-state index in [9.17, 15) is 17.6 Å². The summed E-state index contributed by atoms with van der Waals surface area (Å²) in [6.45, 7) is 0.653. The summed E-state index contributed by atoms with van der Waals surface area (Å²) in [6.07, 6.45) is 1.02. The number of hydrogen-bond acceptors (Lipinski definition) is 2. The number of methoxy groups -OCH3 is 2. The van der Waals surface area contributed by atoms with Gasteiger partial charge < -0.3 is 9.47 Å². The van der Waals surface area contributed by atoms with Crippen molar-refractivity contribution in [1.29, 1.82) is 0 Å². The van der Waals surface area contributed by atoms with Crippen LogP contribution in [0.4, 0.5) is 17.6 Å². The lowest BCUT2D eigenvalue weighted by Gasteiger charge is -2.12. The monoisotopic (exact) mass is 356 g/mol. The van der Waals surface area contributed by atoms with Gasteiger partial charge in [-0.1, -0.05) is 24.3 Å². The minimum absolute atomic E-state index is 0.125. The Morgan fingerprint density at radius 2 is 1.12 bits per heavy atom. The molecule has 6 heteroatoms. The van der Waals surface area contributed by atoms with Gasteiger partial charge in [0.05, 0.1) is 6.61 Å². The van der Waals surface area contributed by atoms with Crippen LogP contribution in [0.25, 0.3) is 11.1 Å². The predicted molar refractivity (Wildman–Crippen MR) is 87.5 cm³/mol. The van der Waals surface area contributed by atoms with Gasteiger partial charge in [-0.15, -0.1) is 0 Å². The molecule has 2 aromatic rings. The van der Waals surface area contributed by atoms with Crippen LogP contribution < -0.4 is 0 Å². The summed E-state index contributed by atoms with van der Waals surface area (Å²) in [4.78, 5) is 0. The maximum absolute atomic E-state index is 14.4. The van der Waals surface area contributed by atoms with Crippen molar-refractivity contribution in [3.63, 3.8) is 0 Å². The largest absolute Gasteiger partial charge is 0.385 e. The molecule has 0 aliphatic rings. The van der Waals surface area contributed by atoms with E-state index in [1.54, 1.807) is 0 Å². The van der Waals surface area contributed by atoms with E-state index in [1.165, 1.54) is 38.5 Å². The minimum atomic E-state index is -1.20. The molecule has 0 spiro atoms. The lowest BCUT2D eigenvalue weighted by molar-refractivity contribution is 0.195. The van der Waals surface area contributed by atoms with Crippen molar-refractivity contribution < 1.29 is 27.0 Å². The molecule has 0 aromatic heterocycles. The number of ether oxygens (including phenoxy) is 2. The first-order valence-electron chi connectivity index (χ1n) is 7.93. The molecular weight excluding hydrogens is 336 g/mol. The molecule has 0 saturated carbocycles. The van der Waals surface area contributed by atoms with Crippen molar-refractivity contribution in [2.75, 3.05) is 27.4 Å². The van der Waals surface area contributed by atoms with Crippen LogP contribution in [0.1, 0.15) is 17.5 Å². The topological polar surface area (TPSA) is 18.5 Å². The summed E-state index contributed by atoms with van der Waals surface area (Å²) in [7, 11) is 2.97. The first-order chi connectivity index (χ1) is 12.0. The summed E-state index contributed by atoms with van der Waals surface area (Å²) in [5.74, 6) is -4.49. The molecule has 0 aliphatic heterocycles. The van der Waals surface area contributed by atoms with Crippen LogP contribution in [0.2, 0.25) is 0 Å². The molecule has 0 heterocycles. The molecule has 0 atom stereocenters. The van der Waals surface area contributed by atoms with Crippen molar-refractivity contribution in [2.45, 2.75) is 19.3 Å². The van der Waals surface area contributed by atoms with Crippen molar-refractivity contribution in [2.24, 2.45) is 0 Å². The fraction of sp³-hybridized carbons (Fsp3) is 0.368. The summed E-state index contributed by atoms with van der Waals surface area (Å²) >= 11 is 0. The highest BCUT2D eigenvalue weighted by Crippen LogP contribution is 2.31. The standard InChI is InChI=1S/C19H20F4O2/c1-24-10-3-4-12-5-7-14(18(22)16(12)20)15-8-6-13(9-11-25-2)17(21)19(15)23/h5-8H,3-4,9-11H2,1-2H3. The Bertz CT molecular complexity index is 732. The highest BCUT2D eigenvalue weighted by Gasteiger charge is 2.20. The summed E-state index contributed by atoms with van der Waals surface area (Å²) in [5, 5.41) is 0. The van der Waals surface area contributed by atoms with Gasteiger partial charge in [-0.25, -0.2) is 17.6 Å². The molecule has 0 unspecified atom stereocenters. The van der Waals surface area contributed by atoms with Crippen LogP contribution in [0.5, 0.6) is 0 Å². The second-order valence-corrected chi connectivity index (χ2v) is 5.64. The zero-order chi connectivity index (χ0) is 18.4. The molecule has 0 fully saturated rings. The number of hydrogen-bond donors (Lipinski definition) is 0. The van der Waals surface area contributed by atoms with Crippen LogP contribution in [-0.4, -0.2) is 27.4 Å². The number of rotatable bonds is 8. The van der Waals surface area contributed by atoms with Gasteiger partial charge in [0.15, 0.2) is 23.3 Å². The lowest BCUT2D eigenvalue weighted by atomic mass is 9.98. The number of benzene rings is 2. The van der Waals surface area contributed by atoms with Crippen molar-refractivity contribution in [1.82, 2.24) is 0 Å². The average Bonchev–Trinajstić information content (AvgIpc) is 2.61. The van der Waals surface area contributed by atoms with Crippen molar-refractivity contribution >= 4 is 0 Å². The molecule has 2 nitrogen and oxygen atoms in total. The van der Waals surface area contributed by atoms with Crippen molar-refractivity contribution in [3.8, 4) is 11.1 Å². The number of halogens is 4. The Morgan fingerprint density at radius 3 is 1.60 bits per heavy atom. The summed E-state index contributed by atoms with van der Waals surface area (Å²) < 4.78 is 66.7. The van der Waals surface area contributed by atoms with Gasteiger partial charge in [-0.05, 0) is 30.4 Å². The molecule has 25 heavy (non-hydrogen) atoms. The van der Waals surface area contributed by atoms with E-state index in [0.29, 0.717) is 19.4 Å². The molecule has 0 radical (unpaired) electrons. The third-order valence-corrected chi connectivity index (χ3v) is 3.98. The fourth-order valence-electron chi connectivity index (χ4n) is 2.60. The Labute approximate surface area is 144 Å². The molecule has 136 valence electrons. The predicted octanol–water partition coefficient (Wildman–Crippen LogP) is 4.68. The van der Waals surface area contributed by atoms with E-state index in [0.717, 1.165) is 0 Å². The molecule has 0 amide bonds. The van der Waals surface area contributed by atoms with Gasteiger partial charge in [0, 0.05) is 32.0 Å². The van der Waals surface area contributed by atoms with Crippen LogP contribution in [0.15, 0.2) is 24.3 Å². The zero-order valence-corrected chi connectivity index (χ0v) is 14.2. The Morgan fingerprint density at radius 1 is 0.640 bits per heavy atom. The molecule has 0 N–H and O–H groups in total. The molecule has 2 rings (SSSR count). The van der Waals surface area contributed by atoms with Crippen LogP contribution in [0, 0.1) is 23.3 Å². The molecule has 0 bridgehead atoms. The van der Waals surface area contributed by atoms with Crippen LogP contribution >= 0.6 is 0 Å². The van der Waals surface area contributed by atoms with E-state index in [1.807, 2.05) is 0 Å². The summed E-state index contributed by atoms with van der Waals surface area (Å²) in [6, 6.07) is 5.27. The van der Waals surface area contributed by atoms with Crippen LogP contribution in [-0.2, 0) is 22.3 Å². The third-order valence-electron chi connectivity index (χ3n) is 3.98. The second kappa shape index (κ2) is 8.97. The highest BCUT2D eigenvalue weighted by molar-refractivity contribution is 5.66. The van der Waals surface area contributed by atoms with Crippen LogP contribution in [0.3, 0.4) is 0 Å². The molecule has 2 aromatic carbocycles. The quantitative estimate of drug-likeness (QED) is 0.505. The smallest absolute Gasteiger partial charge is 0.167 e. The van der Waals surface area contributed by atoms with E-state index < -0.39 is 23.3 Å². The van der Waals surface area contributed by atoms with Gasteiger partial charge >= 0.3 is 0 Å². The molecular formula is C19H20F4O2. The average molecular weight is 356 g/mol. The van der Waals surface area contributed by atoms with Gasteiger partial charge in [-0.3, -0.25) is 0 Å². The van der Waals surface area contributed by atoms with E-state index in [-0.39, 0.29) is 35.3 Å². The first-order valence-corrected chi connectivity index (χ1v) is 7.93. The van der Waals surface area contributed by atoms with E-state index >= 15 is 0 Å². The maximum Gasteiger partial charge on any atom is 0.167 e. The van der Waals surface area contributed by atoms with Gasteiger partial charge in [0.2, 0.25) is 0 Å². The fourth-order valence-corrected chi connectivity index (χ4v) is 2.60. The Balaban J connectivity index is 2.35. The van der Waals surface area contributed by atoms with E-state index in [2.05, 4.69) is 0 Å². The highest BCUT2D eigenvalue weighted by atomic mass is 19.2. The Hall–Kier alpha value is -1.92. The maximum atomic E-state index is 14.4. The van der Waals surface area contributed by atoms with Gasteiger partial charge in [-0.2, -0.15) is 0 Å². The third kappa shape index (κ3) is 4.38. The normalized spacial score (nSPS) is 11.1. The minimum Gasteiger partial charge on any atom is -0.385 e. The number of aryl methyl sites for hydroxylation is 1. The van der Waals surface area contributed by atoms with Gasteiger partial charge in [0.1, 0.15) is 0 Å². The van der Waals surface area contributed by atoms with Crippen molar-refractivity contribution in [3.05, 3.63) is 58.7 Å². The second-order valence-electron chi connectivity index (χ2n) is 5.64. The first kappa shape index (κ1) is 19.4. The van der Waals surface area contributed by atoms with E-state index in [4.69, 9.17) is 9.47 Å². The summed E-state index contributed by atoms with van der Waals surface area (Å²) in [5.41, 5.74) is -0.308. The Kier molecular flexibility index (Phi) is 6.96. The zero-order valence-electron chi connectivity index (χ0n) is 14.2. The molecule has 0 saturated heterocycles.